The molecule has 160 valence electrons. The van der Waals surface area contributed by atoms with Gasteiger partial charge in [0.2, 0.25) is 5.91 Å². The Morgan fingerprint density at radius 1 is 1.07 bits per heavy atom. The Morgan fingerprint density at radius 3 is 2.31 bits per heavy atom. The number of rotatable bonds is 8. The molecule has 3 rings (SSSR count). The van der Waals surface area contributed by atoms with Crippen LogP contribution >= 0.6 is 0 Å². The Labute approximate surface area is 175 Å². The summed E-state index contributed by atoms with van der Waals surface area (Å²) in [5, 5.41) is 6.72. The molecule has 6 nitrogen and oxygen atoms in total. The molecule has 2 aliphatic rings. The average Bonchev–Trinajstić information content (AvgIpc) is 3.18. The molecular weight excluding hydrogens is 362 g/mol. The van der Waals surface area contributed by atoms with Gasteiger partial charge in [0.05, 0.1) is 0 Å². The molecule has 1 saturated heterocycles. The number of carbonyl (C=O) groups excluding carboxylic acids is 1. The van der Waals surface area contributed by atoms with Gasteiger partial charge >= 0.3 is 0 Å². The molecule has 0 atom stereocenters. The van der Waals surface area contributed by atoms with Gasteiger partial charge in [0.1, 0.15) is 0 Å². The number of carbonyl (C=O) groups is 1. The summed E-state index contributed by atoms with van der Waals surface area (Å²) in [6.07, 6.45) is 5.19. The van der Waals surface area contributed by atoms with E-state index < -0.39 is 0 Å². The van der Waals surface area contributed by atoms with E-state index in [-0.39, 0.29) is 5.91 Å². The van der Waals surface area contributed by atoms with Gasteiger partial charge in [-0.1, -0.05) is 31.2 Å². The number of nitrogens with one attached hydrogen (secondary N) is 2. The zero-order chi connectivity index (χ0) is 20.5. The van der Waals surface area contributed by atoms with Crippen molar-refractivity contribution in [2.75, 3.05) is 39.8 Å². The Balaban J connectivity index is 1.24. The second kappa shape index (κ2) is 11.2. The zero-order valence-electron chi connectivity index (χ0n) is 18.1. The maximum absolute atomic E-state index is 12.5. The van der Waals surface area contributed by atoms with Crippen LogP contribution in [-0.4, -0.2) is 61.4 Å². The summed E-state index contributed by atoms with van der Waals surface area (Å²) in [6, 6.07) is 8.32. The predicted octanol–water partition coefficient (Wildman–Crippen LogP) is 2.60. The third kappa shape index (κ3) is 6.74. The molecule has 0 bridgehead atoms. The minimum atomic E-state index is 0.238. The first-order chi connectivity index (χ1) is 14.2. The molecule has 0 aromatic heterocycles. The predicted molar refractivity (Wildman–Crippen MR) is 119 cm³/mol. The summed E-state index contributed by atoms with van der Waals surface area (Å²) >= 11 is 0. The number of guanidine groups is 1. The highest BCUT2D eigenvalue weighted by Crippen LogP contribution is 2.22. The molecule has 0 spiro atoms. The van der Waals surface area contributed by atoms with Crippen LogP contribution in [0.4, 0.5) is 0 Å². The molecular formula is C23H37N5O. The highest BCUT2D eigenvalue weighted by atomic mass is 16.2. The lowest BCUT2D eigenvalue weighted by atomic mass is 9.99. The first-order valence-corrected chi connectivity index (χ1v) is 11.2. The van der Waals surface area contributed by atoms with Crippen molar-refractivity contribution in [3.8, 4) is 0 Å². The number of hydrogen-bond acceptors (Lipinski definition) is 3. The Morgan fingerprint density at radius 2 is 1.69 bits per heavy atom. The number of likely N-dealkylation sites (tertiary alicyclic amines) is 1. The van der Waals surface area contributed by atoms with Gasteiger partial charge in [-0.05, 0) is 62.4 Å². The highest BCUT2D eigenvalue weighted by Gasteiger charge is 2.22. The van der Waals surface area contributed by atoms with E-state index in [9.17, 15) is 4.79 Å². The standard InChI is InChI=1S/C23H37N5O/c1-19-10-15-27(16-11-19)14-6-13-26-23(24-2)25-12-5-9-22(29)28-17-20-7-3-4-8-21(20)18-28/h3-4,7-8,19H,5-6,9-18H2,1-2H3,(H2,24,25,26). The van der Waals surface area contributed by atoms with Crippen LogP contribution in [0.25, 0.3) is 0 Å². The third-order valence-electron chi connectivity index (χ3n) is 6.10. The van der Waals surface area contributed by atoms with E-state index in [1.165, 1.54) is 37.1 Å². The summed E-state index contributed by atoms with van der Waals surface area (Å²) in [6.45, 7) is 9.18. The van der Waals surface area contributed by atoms with Crippen LogP contribution < -0.4 is 10.6 Å². The van der Waals surface area contributed by atoms with E-state index in [0.29, 0.717) is 6.42 Å². The molecule has 2 N–H and O–H groups in total. The quantitative estimate of drug-likeness (QED) is 0.401. The van der Waals surface area contributed by atoms with Gasteiger partial charge in [-0.2, -0.15) is 0 Å². The fourth-order valence-electron chi connectivity index (χ4n) is 4.13. The molecule has 0 aliphatic carbocycles. The van der Waals surface area contributed by atoms with Crippen molar-refractivity contribution >= 4 is 11.9 Å². The van der Waals surface area contributed by atoms with E-state index in [1.807, 2.05) is 17.0 Å². The number of nitrogens with zero attached hydrogens (tertiary/aromatic N) is 3. The minimum absolute atomic E-state index is 0.238. The topological polar surface area (TPSA) is 60.0 Å². The molecule has 0 unspecified atom stereocenters. The maximum atomic E-state index is 12.5. The second-order valence-corrected chi connectivity index (χ2v) is 8.43. The summed E-state index contributed by atoms with van der Waals surface area (Å²) < 4.78 is 0. The zero-order valence-corrected chi connectivity index (χ0v) is 18.1. The number of hydrogen-bond donors (Lipinski definition) is 2. The molecule has 1 fully saturated rings. The summed E-state index contributed by atoms with van der Waals surface area (Å²) in [5.41, 5.74) is 2.56. The Kier molecular flexibility index (Phi) is 8.35. The van der Waals surface area contributed by atoms with Crippen LogP contribution in [0, 0.1) is 5.92 Å². The van der Waals surface area contributed by atoms with Gasteiger partial charge in [-0.15, -0.1) is 0 Å². The van der Waals surface area contributed by atoms with Crippen LogP contribution in [0.2, 0.25) is 0 Å². The molecule has 1 aromatic carbocycles. The summed E-state index contributed by atoms with van der Waals surface area (Å²) in [4.78, 5) is 21.3. The molecule has 6 heteroatoms. The van der Waals surface area contributed by atoms with Crippen molar-refractivity contribution in [1.82, 2.24) is 20.4 Å². The molecule has 1 aromatic rings. The van der Waals surface area contributed by atoms with Crippen LogP contribution in [0.3, 0.4) is 0 Å². The molecule has 29 heavy (non-hydrogen) atoms. The fraction of sp³-hybridized carbons (Fsp3) is 0.652. The normalized spacial score (nSPS) is 18.0. The van der Waals surface area contributed by atoms with Gasteiger partial charge in [0.15, 0.2) is 5.96 Å². The Bertz CT molecular complexity index is 657. The average molecular weight is 400 g/mol. The summed E-state index contributed by atoms with van der Waals surface area (Å²) in [7, 11) is 1.80. The number of piperidine rings is 1. The largest absolute Gasteiger partial charge is 0.356 e. The Hall–Kier alpha value is -2.08. The van der Waals surface area contributed by atoms with Gasteiger partial charge in [-0.3, -0.25) is 9.79 Å². The number of fused-ring (bicyclic) bond motifs is 1. The van der Waals surface area contributed by atoms with Crippen molar-refractivity contribution in [3.63, 3.8) is 0 Å². The van der Waals surface area contributed by atoms with E-state index in [2.05, 4.69) is 39.6 Å². The number of benzene rings is 1. The van der Waals surface area contributed by atoms with Crippen molar-refractivity contribution in [2.24, 2.45) is 10.9 Å². The monoisotopic (exact) mass is 399 g/mol. The molecule has 1 amide bonds. The van der Waals surface area contributed by atoms with E-state index in [1.54, 1.807) is 7.05 Å². The van der Waals surface area contributed by atoms with Crippen molar-refractivity contribution in [1.29, 1.82) is 0 Å². The second-order valence-electron chi connectivity index (χ2n) is 8.43. The van der Waals surface area contributed by atoms with Crippen molar-refractivity contribution in [3.05, 3.63) is 35.4 Å². The fourth-order valence-corrected chi connectivity index (χ4v) is 4.13. The van der Waals surface area contributed by atoms with E-state index in [4.69, 9.17) is 0 Å². The molecule has 0 radical (unpaired) electrons. The summed E-state index contributed by atoms with van der Waals surface area (Å²) in [5.74, 6) is 1.96. The SMILES string of the molecule is CN=C(NCCCC(=O)N1Cc2ccccc2C1)NCCCN1CCC(C)CC1. The lowest BCUT2D eigenvalue weighted by Crippen LogP contribution is -2.40. The lowest BCUT2D eigenvalue weighted by Gasteiger charge is -2.30. The van der Waals surface area contributed by atoms with Crippen molar-refractivity contribution < 1.29 is 4.79 Å². The molecule has 2 aliphatic heterocycles. The van der Waals surface area contributed by atoms with E-state index >= 15 is 0 Å². The van der Waals surface area contributed by atoms with Crippen LogP contribution in [-0.2, 0) is 17.9 Å². The maximum Gasteiger partial charge on any atom is 0.223 e. The first kappa shape index (κ1) is 21.6. The minimum Gasteiger partial charge on any atom is -0.356 e. The number of aliphatic imine (C=N–C) groups is 1. The van der Waals surface area contributed by atoms with Crippen LogP contribution in [0.15, 0.2) is 29.3 Å². The van der Waals surface area contributed by atoms with E-state index in [0.717, 1.165) is 57.4 Å². The third-order valence-corrected chi connectivity index (χ3v) is 6.10. The first-order valence-electron chi connectivity index (χ1n) is 11.2. The van der Waals surface area contributed by atoms with Gasteiger partial charge in [-0.25, -0.2) is 0 Å². The molecule has 0 saturated carbocycles. The van der Waals surface area contributed by atoms with Crippen LogP contribution in [0.5, 0.6) is 0 Å². The smallest absolute Gasteiger partial charge is 0.223 e. The van der Waals surface area contributed by atoms with Gasteiger partial charge in [0, 0.05) is 39.6 Å². The lowest BCUT2D eigenvalue weighted by molar-refractivity contribution is -0.131. The van der Waals surface area contributed by atoms with Crippen molar-refractivity contribution in [2.45, 2.75) is 52.1 Å². The van der Waals surface area contributed by atoms with Gasteiger partial charge in [0.25, 0.3) is 0 Å². The van der Waals surface area contributed by atoms with Gasteiger partial charge < -0.3 is 20.4 Å². The highest BCUT2D eigenvalue weighted by molar-refractivity contribution is 5.80. The molecule has 2 heterocycles. The van der Waals surface area contributed by atoms with Crippen LogP contribution in [0.1, 0.15) is 50.2 Å². The number of amides is 1.